The van der Waals surface area contributed by atoms with Gasteiger partial charge in [-0.2, -0.15) is 12.6 Å². The first-order chi connectivity index (χ1) is 20.5. The zero-order valence-corrected chi connectivity index (χ0v) is 26.0. The molecule has 0 spiro atoms. The average Bonchev–Trinajstić information content (AvgIpc) is 2.87. The number of ether oxygens (including phenoxy) is 10. The summed E-state index contributed by atoms with van der Waals surface area (Å²) in [5.41, 5.74) is 0. The summed E-state index contributed by atoms with van der Waals surface area (Å²) in [4.78, 5) is 84.0. The van der Waals surface area contributed by atoms with E-state index in [-0.39, 0.29) is 5.75 Å². The van der Waals surface area contributed by atoms with Crippen molar-refractivity contribution >= 4 is 54.4 Å². The smallest absolute Gasteiger partial charge is 0.303 e. The molecule has 2 aliphatic heterocycles. The fourth-order valence-corrected chi connectivity index (χ4v) is 4.84. The molecule has 0 aromatic carbocycles. The molecule has 18 heteroatoms. The summed E-state index contributed by atoms with van der Waals surface area (Å²) in [7, 11) is 0. The molecular weight excluding hydrogens is 616 g/mol. The normalized spacial score (nSPS) is 31.5. The predicted octanol–water partition coefficient (Wildman–Crippen LogP) is -0.464. The second-order valence-corrected chi connectivity index (χ2v) is 10.0. The van der Waals surface area contributed by atoms with Crippen molar-refractivity contribution in [3.63, 3.8) is 0 Å². The number of carbonyl (C=O) groups is 7. The molecule has 0 saturated carbocycles. The van der Waals surface area contributed by atoms with Gasteiger partial charge in [-0.05, 0) is 0 Å². The minimum atomic E-state index is -1.75. The first-order valence-corrected chi connectivity index (χ1v) is 13.9. The third-order valence-corrected chi connectivity index (χ3v) is 6.25. The van der Waals surface area contributed by atoms with Crippen LogP contribution in [-0.4, -0.2) is 116 Å². The topological polar surface area (TPSA) is 212 Å². The number of rotatable bonds is 11. The van der Waals surface area contributed by atoms with Crippen molar-refractivity contribution < 1.29 is 80.9 Å². The Morgan fingerprint density at radius 3 is 1.14 bits per heavy atom. The highest BCUT2D eigenvalue weighted by molar-refractivity contribution is 7.80. The fraction of sp³-hybridized carbons (Fsp3) is 0.731. The lowest BCUT2D eigenvalue weighted by Gasteiger charge is -2.48. The summed E-state index contributed by atoms with van der Waals surface area (Å²) < 4.78 is 55.1. The van der Waals surface area contributed by atoms with Crippen LogP contribution in [0.1, 0.15) is 48.5 Å². The van der Waals surface area contributed by atoms with Crippen molar-refractivity contribution in [1.29, 1.82) is 0 Å². The predicted molar refractivity (Wildman–Crippen MR) is 142 cm³/mol. The molecule has 0 aromatic heterocycles. The molecule has 0 radical (unpaired) electrons. The van der Waals surface area contributed by atoms with Crippen molar-refractivity contribution in [2.24, 2.45) is 0 Å². The molecule has 0 aliphatic carbocycles. The van der Waals surface area contributed by atoms with Crippen LogP contribution in [0.15, 0.2) is 0 Å². The summed E-state index contributed by atoms with van der Waals surface area (Å²) in [5.74, 6) is -5.96. The molecule has 10 atom stereocenters. The fourth-order valence-electron chi connectivity index (χ4n) is 4.54. The zero-order chi connectivity index (χ0) is 33.3. The summed E-state index contributed by atoms with van der Waals surface area (Å²) in [6.07, 6.45) is -15.0. The van der Waals surface area contributed by atoms with E-state index in [1.165, 1.54) is 0 Å². The van der Waals surface area contributed by atoms with Crippen LogP contribution >= 0.6 is 12.6 Å². The van der Waals surface area contributed by atoms with E-state index in [2.05, 4.69) is 12.6 Å². The Kier molecular flexibility index (Phi) is 13.8. The van der Waals surface area contributed by atoms with Gasteiger partial charge in [0.2, 0.25) is 12.6 Å². The van der Waals surface area contributed by atoms with E-state index in [4.69, 9.17) is 47.4 Å². The Morgan fingerprint density at radius 2 is 0.795 bits per heavy atom. The van der Waals surface area contributed by atoms with Gasteiger partial charge in [0.05, 0.1) is 0 Å². The van der Waals surface area contributed by atoms with Gasteiger partial charge < -0.3 is 47.4 Å². The van der Waals surface area contributed by atoms with Gasteiger partial charge in [-0.25, -0.2) is 0 Å². The Bertz CT molecular complexity index is 1090. The van der Waals surface area contributed by atoms with Crippen molar-refractivity contribution in [3.8, 4) is 0 Å². The Hall–Kier alpha value is -3.48. The molecule has 2 fully saturated rings. The second-order valence-electron chi connectivity index (χ2n) is 9.65. The number of esters is 7. The SMILES string of the molecule is CC(=O)OCC1O[C@H](O[C@H]2OC(CS)[C@@H](OC(C)=O)C(OC(C)=O)C2OC(C)=O)C(OC(C)=O)C(OC(C)=O)[C@@H]1OC(C)=O. The third kappa shape index (κ3) is 10.6. The first kappa shape index (κ1) is 36.7. The van der Waals surface area contributed by atoms with Crippen molar-refractivity contribution in [3.05, 3.63) is 0 Å². The molecule has 17 nitrogen and oxygen atoms in total. The molecule has 0 N–H and O–H groups in total. The number of thiol groups is 1. The molecule has 6 unspecified atom stereocenters. The van der Waals surface area contributed by atoms with Gasteiger partial charge in [0.15, 0.2) is 36.6 Å². The maximum atomic E-state index is 12.2. The summed E-state index contributed by atoms with van der Waals surface area (Å²) in [5, 5.41) is 0. The van der Waals surface area contributed by atoms with E-state index in [0.29, 0.717) is 0 Å². The Balaban J connectivity index is 2.63. The highest BCUT2D eigenvalue weighted by Crippen LogP contribution is 2.35. The lowest BCUT2D eigenvalue weighted by molar-refractivity contribution is -0.374. The monoisotopic (exact) mass is 652 g/mol. The summed E-state index contributed by atoms with van der Waals surface area (Å²) in [6, 6.07) is 0. The molecule has 44 heavy (non-hydrogen) atoms. The minimum Gasteiger partial charge on any atom is -0.463 e. The van der Waals surface area contributed by atoms with Gasteiger partial charge >= 0.3 is 41.8 Å². The molecule has 2 heterocycles. The number of hydrogen-bond acceptors (Lipinski definition) is 18. The standard InChI is InChI=1S/C26H36O17S/c1-10(27)34-8-17-19(35-11(2)28)21(37-13(4)30)23(39-15(6)32)25(41-17)43-26-24(40-16(7)33)22(38-14(5)31)20(36-12(3)29)18(9-44)42-26/h17-26,44H,8-9H2,1-7H3/t17?,18?,19-,20-,21?,22?,23?,24?,25-,26-/m1/s1. The average molecular weight is 653 g/mol. The van der Waals surface area contributed by atoms with Crippen LogP contribution in [0.5, 0.6) is 0 Å². The van der Waals surface area contributed by atoms with Crippen LogP contribution in [0.2, 0.25) is 0 Å². The van der Waals surface area contributed by atoms with Crippen LogP contribution in [0.25, 0.3) is 0 Å². The van der Waals surface area contributed by atoms with Gasteiger partial charge in [0, 0.05) is 54.2 Å². The first-order valence-electron chi connectivity index (χ1n) is 13.3. The third-order valence-electron chi connectivity index (χ3n) is 5.89. The Labute approximate surface area is 257 Å². The van der Waals surface area contributed by atoms with Crippen LogP contribution in [0.4, 0.5) is 0 Å². The van der Waals surface area contributed by atoms with Crippen LogP contribution in [0.3, 0.4) is 0 Å². The van der Waals surface area contributed by atoms with Gasteiger partial charge in [0.1, 0.15) is 18.8 Å². The lowest BCUT2D eigenvalue weighted by Crippen LogP contribution is -2.66. The van der Waals surface area contributed by atoms with Gasteiger partial charge in [-0.15, -0.1) is 0 Å². The summed E-state index contributed by atoms with van der Waals surface area (Å²) in [6.45, 7) is 6.90. The Morgan fingerprint density at radius 1 is 0.477 bits per heavy atom. The number of hydrogen-bond donors (Lipinski definition) is 1. The molecule has 2 aliphatic rings. The molecule has 0 aromatic rings. The maximum absolute atomic E-state index is 12.2. The van der Waals surface area contributed by atoms with E-state index in [0.717, 1.165) is 48.5 Å². The van der Waals surface area contributed by atoms with Gasteiger partial charge in [-0.1, -0.05) is 0 Å². The van der Waals surface area contributed by atoms with E-state index >= 15 is 0 Å². The zero-order valence-electron chi connectivity index (χ0n) is 25.1. The largest absolute Gasteiger partial charge is 0.463 e. The van der Waals surface area contributed by atoms with E-state index in [1.54, 1.807) is 0 Å². The second kappa shape index (κ2) is 16.6. The van der Waals surface area contributed by atoms with Crippen LogP contribution in [0, 0.1) is 0 Å². The van der Waals surface area contributed by atoms with Crippen LogP contribution in [-0.2, 0) is 80.9 Å². The molecular formula is C26H36O17S. The highest BCUT2D eigenvalue weighted by atomic mass is 32.1. The lowest BCUT2D eigenvalue weighted by atomic mass is 9.97. The van der Waals surface area contributed by atoms with Crippen molar-refractivity contribution in [2.75, 3.05) is 12.4 Å². The quantitative estimate of drug-likeness (QED) is 0.170. The van der Waals surface area contributed by atoms with E-state index in [1.807, 2.05) is 0 Å². The van der Waals surface area contributed by atoms with Crippen LogP contribution < -0.4 is 0 Å². The van der Waals surface area contributed by atoms with Crippen molar-refractivity contribution in [1.82, 2.24) is 0 Å². The molecule has 2 saturated heterocycles. The molecule has 0 amide bonds. The van der Waals surface area contributed by atoms with Gasteiger partial charge in [-0.3, -0.25) is 33.6 Å². The van der Waals surface area contributed by atoms with Gasteiger partial charge in [0.25, 0.3) is 0 Å². The molecule has 248 valence electrons. The van der Waals surface area contributed by atoms with E-state index in [9.17, 15) is 33.6 Å². The molecule has 2 rings (SSSR count). The number of carbonyl (C=O) groups excluding carboxylic acids is 7. The molecule has 0 bridgehead atoms. The minimum absolute atomic E-state index is 0.124. The highest BCUT2D eigenvalue weighted by Gasteiger charge is 2.57. The maximum Gasteiger partial charge on any atom is 0.303 e. The van der Waals surface area contributed by atoms with E-state index < -0.39 is 110 Å². The van der Waals surface area contributed by atoms with Crippen molar-refractivity contribution in [2.45, 2.75) is 110 Å². The summed E-state index contributed by atoms with van der Waals surface area (Å²) >= 11 is 4.23.